The zero-order valence-corrected chi connectivity index (χ0v) is 51.1. The summed E-state index contributed by atoms with van der Waals surface area (Å²) in [6, 6.07) is 50.5. The van der Waals surface area contributed by atoms with Gasteiger partial charge < -0.3 is 15.0 Å². The molecule has 0 radical (unpaired) electrons. The number of nitrogens with two attached hydrogens (primary N) is 3. The first-order chi connectivity index (χ1) is 41.4. The molecule has 24 heteroatoms. The largest absolute Gasteiger partial charge is 0.338 e. The van der Waals surface area contributed by atoms with Crippen molar-refractivity contribution < 1.29 is 34.0 Å². The number of imidazole rings is 3. The molecular weight excluding hydrogens is 1300 g/mol. The van der Waals surface area contributed by atoms with E-state index < -0.39 is 35.9 Å². The molecule has 0 aliphatic heterocycles. The Labute approximate surface area is 521 Å². The lowest BCUT2D eigenvalue weighted by atomic mass is 10.1. The maximum absolute atomic E-state index is 13.9. The van der Waals surface area contributed by atoms with Gasteiger partial charge in [-0.25, -0.2) is 64.4 Å². The van der Waals surface area contributed by atoms with E-state index in [2.05, 4.69) is 45.8 Å². The van der Waals surface area contributed by atoms with Crippen molar-refractivity contribution in [2.75, 3.05) is 0 Å². The van der Waals surface area contributed by atoms with E-state index in [9.17, 15) is 34.0 Å². The second-order valence-electron chi connectivity index (χ2n) is 19.2. The van der Waals surface area contributed by atoms with Gasteiger partial charge >= 0.3 is 0 Å². The highest BCUT2D eigenvalue weighted by Crippen LogP contribution is 2.33. The number of halogens is 6. The van der Waals surface area contributed by atoms with Crippen LogP contribution in [0.5, 0.6) is 0 Å². The number of aromatic amines is 3. The summed E-state index contributed by atoms with van der Waals surface area (Å²) >= 11 is 21.3. The number of primary sulfonamides is 3. The van der Waals surface area contributed by atoms with Crippen LogP contribution in [0.2, 0.25) is 15.1 Å². The van der Waals surface area contributed by atoms with E-state index in [0.717, 1.165) is 38.8 Å². The maximum atomic E-state index is 13.9. The summed E-state index contributed by atoms with van der Waals surface area (Å²) in [5, 5.41) is 17.5. The Bertz CT molecular complexity index is 5080. The Kier molecular flexibility index (Phi) is 18.3. The van der Waals surface area contributed by atoms with Crippen LogP contribution in [0.1, 0.15) is 34.2 Å². The molecular formula is C63H45BrCl3F2N9O6S3. The third kappa shape index (κ3) is 14.9. The fourth-order valence-corrected chi connectivity index (χ4v) is 12.5. The smallest absolute Gasteiger partial charge is 0.238 e. The van der Waals surface area contributed by atoms with Crippen LogP contribution in [-0.2, 0) is 30.1 Å². The molecule has 12 rings (SSSR count). The molecule has 0 spiro atoms. The number of fused-ring (bicyclic) bond motifs is 3. The second kappa shape index (κ2) is 25.9. The van der Waals surface area contributed by atoms with Gasteiger partial charge in [0.1, 0.15) is 29.1 Å². The Morgan fingerprint density at radius 1 is 0.414 bits per heavy atom. The summed E-state index contributed by atoms with van der Waals surface area (Å²) in [5.74, 6) is 1.03. The van der Waals surface area contributed by atoms with Crippen LogP contribution in [0.15, 0.2) is 201 Å². The SMILES string of the molecule is NS(=O)(=O)c1ccccc1-c1ccc2nc(/C=C/c3c(F)cccc3Cl)[nH]c2c1.NS(=O)(=O)c1ccccc1-c1ccc2nc(/C=C/c3ccc(Cl)cc3Cl)[nH]c2c1.NS(=O)(=O)c1ccccc1-c1ccc2nc(/C=C/c3ccc(F)c(Br)c3)[nH]c2c1. The third-order valence-electron chi connectivity index (χ3n) is 13.2. The Balaban J connectivity index is 0.000000144. The molecule has 0 bridgehead atoms. The standard InChI is InChI=1S/C21H15BrFN3O2S.C21H15Cl2N3O2S.C21H15ClFN3O2S/c22-16-11-13(5-8-17(16)23)6-10-21-25-18-9-7-14(12-19(18)26-21)15-3-1-2-4-20(15)29(24,27)28;22-15-8-5-13(17(23)12-15)7-10-21-25-18-9-6-14(11-19(18)26-21)16-3-1-2-4-20(16)29(24,27)28;22-16-5-3-6-17(23)15(16)9-11-21-25-18-10-8-13(12-19(18)26-21)14-4-1-2-7-20(14)29(24,27)28/h3*1-12H,(H,25,26)(H2,24,27,28)/b10-6+;10-7+;11-9+. The fourth-order valence-electron chi connectivity index (χ4n) is 9.12. The average Bonchev–Trinajstić information content (AvgIpc) is 2.61. The van der Waals surface area contributed by atoms with Crippen molar-refractivity contribution in [1.82, 2.24) is 29.9 Å². The molecule has 0 unspecified atom stereocenters. The van der Waals surface area contributed by atoms with Gasteiger partial charge in [0, 0.05) is 32.3 Å². The number of rotatable bonds is 12. The van der Waals surface area contributed by atoms with Gasteiger partial charge in [0.15, 0.2) is 0 Å². The van der Waals surface area contributed by atoms with Crippen LogP contribution in [-0.4, -0.2) is 55.2 Å². The highest BCUT2D eigenvalue weighted by molar-refractivity contribution is 9.10. The molecule has 0 saturated carbocycles. The molecule has 9 N–H and O–H groups in total. The van der Waals surface area contributed by atoms with E-state index in [-0.39, 0.29) is 26.1 Å². The lowest BCUT2D eigenvalue weighted by Crippen LogP contribution is -2.13. The van der Waals surface area contributed by atoms with Gasteiger partial charge in [-0.1, -0.05) is 132 Å². The molecule has 12 aromatic rings. The van der Waals surface area contributed by atoms with Crippen LogP contribution in [0, 0.1) is 11.6 Å². The topological polar surface area (TPSA) is 267 Å². The predicted molar refractivity (Wildman–Crippen MR) is 347 cm³/mol. The molecule has 3 heterocycles. The Morgan fingerprint density at radius 3 is 1.25 bits per heavy atom. The lowest BCUT2D eigenvalue weighted by molar-refractivity contribution is 0.596. The van der Waals surface area contributed by atoms with E-state index in [0.29, 0.717) is 75.9 Å². The number of H-pyrrole nitrogens is 3. The lowest BCUT2D eigenvalue weighted by Gasteiger charge is -2.07. The van der Waals surface area contributed by atoms with E-state index >= 15 is 0 Å². The number of benzene rings is 9. The second-order valence-corrected chi connectivity index (χ2v) is 25.9. The van der Waals surface area contributed by atoms with Crippen molar-refractivity contribution in [2.24, 2.45) is 15.4 Å². The Hall–Kier alpha value is -8.45. The quantitative estimate of drug-likeness (QED) is 0.0678. The van der Waals surface area contributed by atoms with Gasteiger partial charge in [-0.05, 0) is 165 Å². The summed E-state index contributed by atoms with van der Waals surface area (Å²) in [6.07, 6.45) is 10.4. The monoisotopic (exact) mass is 1340 g/mol. The molecule has 0 aliphatic carbocycles. The van der Waals surface area contributed by atoms with Crippen LogP contribution < -0.4 is 15.4 Å². The summed E-state index contributed by atoms with van der Waals surface area (Å²) < 4.78 is 98.9. The minimum Gasteiger partial charge on any atom is -0.338 e. The zero-order chi connectivity index (χ0) is 61.8. The average molecular weight is 1340 g/mol. The van der Waals surface area contributed by atoms with Gasteiger partial charge in [0.05, 0.1) is 57.3 Å². The van der Waals surface area contributed by atoms with Gasteiger partial charge in [0.2, 0.25) is 30.1 Å². The fraction of sp³-hybridized carbons (Fsp3) is 0. The normalized spacial score (nSPS) is 12.1. The highest BCUT2D eigenvalue weighted by Gasteiger charge is 2.19. The van der Waals surface area contributed by atoms with E-state index in [1.807, 2.05) is 54.6 Å². The van der Waals surface area contributed by atoms with Gasteiger partial charge in [-0.15, -0.1) is 0 Å². The molecule has 0 fully saturated rings. The molecule has 0 saturated heterocycles. The molecule has 9 aromatic carbocycles. The molecule has 87 heavy (non-hydrogen) atoms. The van der Waals surface area contributed by atoms with E-state index in [1.165, 1.54) is 36.4 Å². The predicted octanol–water partition coefficient (Wildman–Crippen LogP) is 15.1. The minimum absolute atomic E-state index is 0.0492. The zero-order valence-electron chi connectivity index (χ0n) is 44.8. The van der Waals surface area contributed by atoms with Crippen LogP contribution in [0.25, 0.3) is 103 Å². The van der Waals surface area contributed by atoms with Crippen LogP contribution in [0.3, 0.4) is 0 Å². The number of aromatic nitrogens is 6. The molecule has 0 aliphatic rings. The van der Waals surface area contributed by atoms with E-state index in [4.69, 9.17) is 50.2 Å². The van der Waals surface area contributed by atoms with E-state index in [1.54, 1.807) is 127 Å². The summed E-state index contributed by atoms with van der Waals surface area (Å²) in [7, 11) is -11.5. The van der Waals surface area contributed by atoms with Crippen LogP contribution >= 0.6 is 50.7 Å². The number of nitrogens with zero attached hydrogens (tertiary/aromatic N) is 3. The van der Waals surface area contributed by atoms with Crippen molar-refractivity contribution in [3.05, 3.63) is 247 Å². The Morgan fingerprint density at radius 2 is 0.839 bits per heavy atom. The number of hydrogen-bond donors (Lipinski definition) is 6. The van der Waals surface area contributed by atoms with Gasteiger partial charge in [-0.3, -0.25) is 0 Å². The molecule has 15 nitrogen and oxygen atoms in total. The first-order valence-corrected chi connectivity index (χ1v) is 32.3. The summed E-state index contributed by atoms with van der Waals surface area (Å²) in [5.41, 5.74) is 10.00. The number of sulfonamides is 3. The van der Waals surface area contributed by atoms with Crippen LogP contribution in [0.4, 0.5) is 8.78 Å². The van der Waals surface area contributed by atoms with Crippen molar-refractivity contribution in [3.63, 3.8) is 0 Å². The van der Waals surface area contributed by atoms with Crippen molar-refractivity contribution in [2.45, 2.75) is 14.7 Å². The summed E-state index contributed by atoms with van der Waals surface area (Å²) in [4.78, 5) is 23.2. The molecule has 0 amide bonds. The summed E-state index contributed by atoms with van der Waals surface area (Å²) in [6.45, 7) is 0. The van der Waals surface area contributed by atoms with Gasteiger partial charge in [-0.2, -0.15) is 0 Å². The molecule has 0 atom stereocenters. The van der Waals surface area contributed by atoms with Crippen molar-refractivity contribution >= 4 is 150 Å². The maximum Gasteiger partial charge on any atom is 0.238 e. The van der Waals surface area contributed by atoms with Crippen molar-refractivity contribution in [1.29, 1.82) is 0 Å². The van der Waals surface area contributed by atoms with Crippen molar-refractivity contribution in [3.8, 4) is 33.4 Å². The minimum atomic E-state index is -3.86. The molecule has 438 valence electrons. The third-order valence-corrected chi connectivity index (χ3v) is 17.6. The number of nitrogens with one attached hydrogen (secondary N) is 3. The number of hydrogen-bond acceptors (Lipinski definition) is 9. The molecule has 3 aromatic heterocycles. The first-order valence-electron chi connectivity index (χ1n) is 25.7. The van der Waals surface area contributed by atoms with Gasteiger partial charge in [0.25, 0.3) is 0 Å². The highest BCUT2D eigenvalue weighted by atomic mass is 79.9. The first kappa shape index (κ1) is 61.6.